The lowest BCUT2D eigenvalue weighted by Crippen LogP contribution is -2.30. The van der Waals surface area contributed by atoms with Crippen LogP contribution in [0.1, 0.15) is 12.5 Å². The van der Waals surface area contributed by atoms with Crippen molar-refractivity contribution < 1.29 is 0 Å². The Bertz CT molecular complexity index is 208. The van der Waals surface area contributed by atoms with Crippen LogP contribution in [0.25, 0.3) is 0 Å². The van der Waals surface area contributed by atoms with Crippen LogP contribution >= 0.6 is 0 Å². The Kier molecular flexibility index (Phi) is 3.70. The van der Waals surface area contributed by atoms with Crippen LogP contribution in [0.4, 0.5) is 0 Å². The van der Waals surface area contributed by atoms with Crippen LogP contribution < -0.4 is 11.1 Å². The van der Waals surface area contributed by atoms with Crippen molar-refractivity contribution >= 4 is 0 Å². The van der Waals surface area contributed by atoms with Crippen LogP contribution in [0.5, 0.6) is 0 Å². The van der Waals surface area contributed by atoms with Gasteiger partial charge < -0.3 is 11.1 Å². The van der Waals surface area contributed by atoms with Gasteiger partial charge in [0.05, 0.1) is 0 Å². The smallest absolute Gasteiger partial charge is 0.0271 e. The molecular formula is C9H15N3. The van der Waals surface area contributed by atoms with Gasteiger partial charge in [-0.1, -0.05) is 0 Å². The molecule has 0 aliphatic carbocycles. The largest absolute Gasteiger partial charge is 0.327 e. The summed E-state index contributed by atoms with van der Waals surface area (Å²) >= 11 is 0. The van der Waals surface area contributed by atoms with Crippen molar-refractivity contribution in [2.24, 2.45) is 5.73 Å². The summed E-state index contributed by atoms with van der Waals surface area (Å²) in [5.74, 6) is 0. The molecule has 1 atom stereocenters. The molecule has 0 aromatic carbocycles. The van der Waals surface area contributed by atoms with Gasteiger partial charge in [-0.3, -0.25) is 4.98 Å². The zero-order valence-electron chi connectivity index (χ0n) is 7.33. The lowest BCUT2D eigenvalue weighted by atomic mass is 10.2. The van der Waals surface area contributed by atoms with Crippen LogP contribution in [0.3, 0.4) is 0 Å². The van der Waals surface area contributed by atoms with Gasteiger partial charge >= 0.3 is 0 Å². The highest BCUT2D eigenvalue weighted by molar-refractivity contribution is 5.08. The van der Waals surface area contributed by atoms with E-state index in [2.05, 4.69) is 10.3 Å². The zero-order valence-corrected chi connectivity index (χ0v) is 7.33. The Morgan fingerprint density at radius 3 is 2.75 bits per heavy atom. The number of hydrogen-bond acceptors (Lipinski definition) is 3. The fourth-order valence-electron chi connectivity index (χ4n) is 0.945. The van der Waals surface area contributed by atoms with E-state index in [0.717, 1.165) is 13.1 Å². The third-order valence-electron chi connectivity index (χ3n) is 1.54. The number of rotatable bonds is 4. The summed E-state index contributed by atoms with van der Waals surface area (Å²) in [6.07, 6.45) is 3.59. The molecule has 12 heavy (non-hydrogen) atoms. The van der Waals surface area contributed by atoms with E-state index < -0.39 is 0 Å². The lowest BCUT2D eigenvalue weighted by Gasteiger charge is -2.06. The van der Waals surface area contributed by atoms with Gasteiger partial charge in [0.15, 0.2) is 0 Å². The lowest BCUT2D eigenvalue weighted by molar-refractivity contribution is 0.608. The Labute approximate surface area is 73.0 Å². The minimum atomic E-state index is 0.215. The average Bonchev–Trinajstić information content (AvgIpc) is 2.05. The molecule has 0 saturated heterocycles. The molecule has 1 unspecified atom stereocenters. The standard InChI is InChI=1S/C9H15N3/c1-8(10)6-12-7-9-2-4-11-5-3-9/h2-5,8,12H,6-7,10H2,1H3. The Morgan fingerprint density at radius 2 is 2.17 bits per heavy atom. The molecule has 0 bridgehead atoms. The zero-order chi connectivity index (χ0) is 8.81. The molecule has 66 valence electrons. The summed E-state index contributed by atoms with van der Waals surface area (Å²) in [7, 11) is 0. The average molecular weight is 165 g/mol. The van der Waals surface area contributed by atoms with Crippen LogP contribution in [0.2, 0.25) is 0 Å². The Morgan fingerprint density at radius 1 is 1.50 bits per heavy atom. The van der Waals surface area contributed by atoms with Gasteiger partial charge in [0.1, 0.15) is 0 Å². The highest BCUT2D eigenvalue weighted by atomic mass is 14.9. The van der Waals surface area contributed by atoms with Crippen molar-refractivity contribution in [1.29, 1.82) is 0 Å². The molecule has 3 nitrogen and oxygen atoms in total. The van der Waals surface area contributed by atoms with Gasteiger partial charge in [-0.15, -0.1) is 0 Å². The van der Waals surface area contributed by atoms with Crippen molar-refractivity contribution in [1.82, 2.24) is 10.3 Å². The topological polar surface area (TPSA) is 50.9 Å². The second-order valence-corrected chi connectivity index (χ2v) is 2.96. The van der Waals surface area contributed by atoms with E-state index in [1.54, 1.807) is 12.4 Å². The molecule has 0 amide bonds. The molecule has 1 aromatic heterocycles. The minimum Gasteiger partial charge on any atom is -0.327 e. The predicted octanol–water partition coefficient (Wildman–Crippen LogP) is 0.518. The second-order valence-electron chi connectivity index (χ2n) is 2.96. The van der Waals surface area contributed by atoms with Crippen molar-refractivity contribution in [3.05, 3.63) is 30.1 Å². The van der Waals surface area contributed by atoms with Gasteiger partial charge in [0.25, 0.3) is 0 Å². The van der Waals surface area contributed by atoms with Crippen molar-refractivity contribution in [2.45, 2.75) is 19.5 Å². The summed E-state index contributed by atoms with van der Waals surface area (Å²) in [6.45, 7) is 3.70. The maximum atomic E-state index is 5.58. The summed E-state index contributed by atoms with van der Waals surface area (Å²) < 4.78 is 0. The molecule has 3 heteroatoms. The van der Waals surface area contributed by atoms with E-state index >= 15 is 0 Å². The summed E-state index contributed by atoms with van der Waals surface area (Å²) in [5, 5.41) is 3.25. The van der Waals surface area contributed by atoms with Gasteiger partial charge in [0, 0.05) is 31.5 Å². The number of nitrogens with zero attached hydrogens (tertiary/aromatic N) is 1. The van der Waals surface area contributed by atoms with E-state index in [0.29, 0.717) is 0 Å². The first-order chi connectivity index (χ1) is 5.79. The third kappa shape index (κ3) is 3.46. The van der Waals surface area contributed by atoms with Gasteiger partial charge in [-0.2, -0.15) is 0 Å². The molecule has 0 aliphatic rings. The number of hydrogen-bond donors (Lipinski definition) is 2. The van der Waals surface area contributed by atoms with E-state index in [4.69, 9.17) is 5.73 Å². The molecule has 0 aliphatic heterocycles. The van der Waals surface area contributed by atoms with E-state index in [9.17, 15) is 0 Å². The van der Waals surface area contributed by atoms with Gasteiger partial charge in [-0.05, 0) is 24.6 Å². The molecule has 0 saturated carbocycles. The fraction of sp³-hybridized carbons (Fsp3) is 0.444. The fourth-order valence-corrected chi connectivity index (χ4v) is 0.945. The molecule has 0 radical (unpaired) electrons. The molecule has 1 aromatic rings. The molecular weight excluding hydrogens is 150 g/mol. The Balaban J connectivity index is 2.25. The first-order valence-electron chi connectivity index (χ1n) is 4.14. The maximum absolute atomic E-state index is 5.58. The van der Waals surface area contributed by atoms with Crippen LogP contribution in [-0.2, 0) is 6.54 Å². The van der Waals surface area contributed by atoms with Crippen molar-refractivity contribution in [3.63, 3.8) is 0 Å². The van der Waals surface area contributed by atoms with Crippen molar-refractivity contribution in [3.8, 4) is 0 Å². The molecule has 0 fully saturated rings. The number of aromatic nitrogens is 1. The summed E-state index contributed by atoms with van der Waals surface area (Å²) in [6, 6.07) is 4.20. The third-order valence-corrected chi connectivity index (χ3v) is 1.54. The summed E-state index contributed by atoms with van der Waals surface area (Å²) in [5.41, 5.74) is 6.82. The first kappa shape index (κ1) is 9.16. The number of nitrogens with two attached hydrogens (primary N) is 1. The van der Waals surface area contributed by atoms with Crippen LogP contribution in [-0.4, -0.2) is 17.6 Å². The van der Waals surface area contributed by atoms with Crippen LogP contribution in [0.15, 0.2) is 24.5 Å². The first-order valence-corrected chi connectivity index (χ1v) is 4.14. The van der Waals surface area contributed by atoms with Crippen LogP contribution in [0, 0.1) is 0 Å². The second kappa shape index (κ2) is 4.85. The molecule has 1 heterocycles. The highest BCUT2D eigenvalue weighted by Gasteiger charge is 1.93. The maximum Gasteiger partial charge on any atom is 0.0271 e. The Hall–Kier alpha value is -0.930. The number of nitrogens with one attached hydrogen (secondary N) is 1. The molecule has 3 N–H and O–H groups in total. The normalized spacial score (nSPS) is 12.8. The molecule has 0 spiro atoms. The number of pyridine rings is 1. The van der Waals surface area contributed by atoms with E-state index in [1.165, 1.54) is 5.56 Å². The van der Waals surface area contributed by atoms with E-state index in [1.807, 2.05) is 19.1 Å². The van der Waals surface area contributed by atoms with Crippen molar-refractivity contribution in [2.75, 3.05) is 6.54 Å². The summed E-state index contributed by atoms with van der Waals surface area (Å²) in [4.78, 5) is 3.94. The monoisotopic (exact) mass is 165 g/mol. The minimum absolute atomic E-state index is 0.215. The molecule has 1 rings (SSSR count). The van der Waals surface area contributed by atoms with Gasteiger partial charge in [0.2, 0.25) is 0 Å². The highest BCUT2D eigenvalue weighted by Crippen LogP contribution is 1.94. The van der Waals surface area contributed by atoms with Gasteiger partial charge in [-0.25, -0.2) is 0 Å². The van der Waals surface area contributed by atoms with E-state index in [-0.39, 0.29) is 6.04 Å². The predicted molar refractivity (Wildman–Crippen MR) is 49.6 cm³/mol. The SMILES string of the molecule is CC(N)CNCc1ccncc1. The quantitative estimate of drug-likeness (QED) is 0.683.